The summed E-state index contributed by atoms with van der Waals surface area (Å²) in [5, 5.41) is 24.6. The first-order valence-electron chi connectivity index (χ1n) is 9.67. The Labute approximate surface area is 162 Å². The third-order valence-electron chi connectivity index (χ3n) is 6.09. The Bertz CT molecular complexity index is 870. The van der Waals surface area contributed by atoms with E-state index in [4.69, 9.17) is 0 Å². The summed E-state index contributed by atoms with van der Waals surface area (Å²) in [6.07, 6.45) is 2.97. The summed E-state index contributed by atoms with van der Waals surface area (Å²) < 4.78 is 1.55. The molecule has 1 saturated carbocycles. The predicted molar refractivity (Wildman–Crippen MR) is 101 cm³/mol. The minimum absolute atomic E-state index is 0.0427. The van der Waals surface area contributed by atoms with Crippen LogP contribution in [0.4, 0.5) is 5.95 Å². The fourth-order valence-corrected chi connectivity index (χ4v) is 4.54. The van der Waals surface area contributed by atoms with Gasteiger partial charge in [0.25, 0.3) is 0 Å². The third kappa shape index (κ3) is 3.00. The number of nitrogens with one attached hydrogen (secondary N) is 1. The van der Waals surface area contributed by atoms with Gasteiger partial charge in [-0.3, -0.25) is 9.59 Å². The summed E-state index contributed by atoms with van der Waals surface area (Å²) in [6.45, 7) is 2.71. The van der Waals surface area contributed by atoms with Crippen LogP contribution < -0.4 is 5.32 Å². The molecule has 0 spiro atoms. The number of carboxylic acid groups (broad SMARTS) is 1. The number of para-hydroxylation sites is 1. The number of aliphatic carboxylic acids is 1. The van der Waals surface area contributed by atoms with Gasteiger partial charge in [-0.05, 0) is 47.7 Å². The number of rotatable bonds is 6. The van der Waals surface area contributed by atoms with E-state index >= 15 is 0 Å². The molecule has 1 aliphatic heterocycles. The van der Waals surface area contributed by atoms with Crippen molar-refractivity contribution in [3.8, 4) is 5.69 Å². The van der Waals surface area contributed by atoms with Crippen molar-refractivity contribution >= 4 is 17.8 Å². The first-order valence-corrected chi connectivity index (χ1v) is 9.67. The molecule has 9 heteroatoms. The number of likely N-dealkylation sites (tertiary alicyclic amines) is 1. The molecule has 1 aromatic carbocycles. The lowest BCUT2D eigenvalue weighted by molar-refractivity contribution is -0.149. The zero-order valence-corrected chi connectivity index (χ0v) is 15.8. The summed E-state index contributed by atoms with van der Waals surface area (Å²) >= 11 is 0. The van der Waals surface area contributed by atoms with E-state index in [1.54, 1.807) is 9.58 Å². The highest BCUT2D eigenvalue weighted by Crippen LogP contribution is 2.49. The number of carboxylic acids is 1. The van der Waals surface area contributed by atoms with Gasteiger partial charge >= 0.3 is 5.97 Å². The molecule has 0 radical (unpaired) electrons. The van der Waals surface area contributed by atoms with Gasteiger partial charge in [0.05, 0.1) is 11.1 Å². The molecule has 1 saturated heterocycles. The molecule has 148 valence electrons. The normalized spacial score (nSPS) is 24.8. The highest BCUT2D eigenvalue weighted by Gasteiger charge is 2.56. The van der Waals surface area contributed by atoms with Crippen molar-refractivity contribution in [2.24, 2.45) is 11.3 Å². The van der Waals surface area contributed by atoms with Crippen LogP contribution in [0.5, 0.6) is 0 Å². The number of amides is 1. The largest absolute Gasteiger partial charge is 0.481 e. The highest BCUT2D eigenvalue weighted by molar-refractivity contribution is 5.86. The molecule has 1 amide bonds. The Morgan fingerprint density at radius 1 is 1.36 bits per heavy atom. The van der Waals surface area contributed by atoms with Crippen molar-refractivity contribution in [1.29, 1.82) is 0 Å². The van der Waals surface area contributed by atoms with E-state index in [0.29, 0.717) is 25.3 Å². The molecular weight excluding hydrogens is 360 g/mol. The Morgan fingerprint density at radius 2 is 2.14 bits per heavy atom. The summed E-state index contributed by atoms with van der Waals surface area (Å²) in [4.78, 5) is 26.7. The van der Waals surface area contributed by atoms with Gasteiger partial charge in [-0.1, -0.05) is 36.6 Å². The van der Waals surface area contributed by atoms with Crippen LogP contribution in [0.1, 0.15) is 32.6 Å². The van der Waals surface area contributed by atoms with Crippen LogP contribution in [0.15, 0.2) is 30.3 Å². The first-order chi connectivity index (χ1) is 13.5. The summed E-state index contributed by atoms with van der Waals surface area (Å²) in [5.74, 6) is -0.445. The molecule has 2 fully saturated rings. The predicted octanol–water partition coefficient (Wildman–Crippen LogP) is 1.57. The van der Waals surface area contributed by atoms with Crippen LogP contribution in [-0.4, -0.2) is 61.2 Å². The standard InChI is InChI=1S/C19H24N6O3/c1-2-15(20-18-21-22-23-25(18)14-8-4-3-5-9-14)16(26)24-11-13-7-6-10-19(13,12-24)17(27)28/h3-5,8-9,13,15H,2,6-7,10-12H2,1H3,(H,27,28)(H,20,21,23)/t13-,15?,19+/m0/s1. The summed E-state index contributed by atoms with van der Waals surface area (Å²) in [5.41, 5.74) is 0.0115. The fraction of sp³-hybridized carbons (Fsp3) is 0.526. The maximum Gasteiger partial charge on any atom is 0.311 e. The zero-order chi connectivity index (χ0) is 19.7. The second kappa shape index (κ2) is 7.21. The lowest BCUT2D eigenvalue weighted by Gasteiger charge is -2.26. The highest BCUT2D eigenvalue weighted by atomic mass is 16.4. The molecule has 2 aromatic rings. The van der Waals surface area contributed by atoms with Crippen molar-refractivity contribution in [1.82, 2.24) is 25.1 Å². The van der Waals surface area contributed by atoms with Gasteiger partial charge in [0, 0.05) is 13.1 Å². The number of hydrogen-bond donors (Lipinski definition) is 2. The van der Waals surface area contributed by atoms with Crippen LogP contribution in [0.3, 0.4) is 0 Å². The van der Waals surface area contributed by atoms with Crippen LogP contribution >= 0.6 is 0 Å². The molecule has 0 bridgehead atoms. The minimum atomic E-state index is -0.778. The van der Waals surface area contributed by atoms with E-state index in [1.807, 2.05) is 37.3 Å². The molecule has 1 aromatic heterocycles. The van der Waals surface area contributed by atoms with E-state index in [9.17, 15) is 14.7 Å². The second-order valence-corrected chi connectivity index (χ2v) is 7.62. The van der Waals surface area contributed by atoms with E-state index in [1.165, 1.54) is 0 Å². The quantitative estimate of drug-likeness (QED) is 0.777. The molecule has 4 rings (SSSR count). The van der Waals surface area contributed by atoms with E-state index in [-0.39, 0.29) is 18.4 Å². The lowest BCUT2D eigenvalue weighted by atomic mass is 9.81. The van der Waals surface area contributed by atoms with Gasteiger partial charge in [0.2, 0.25) is 11.9 Å². The average Bonchev–Trinajstić information content (AvgIpc) is 3.40. The number of hydrogen-bond acceptors (Lipinski definition) is 6. The molecule has 9 nitrogen and oxygen atoms in total. The van der Waals surface area contributed by atoms with Crippen LogP contribution in [0.25, 0.3) is 5.69 Å². The van der Waals surface area contributed by atoms with Crippen molar-refractivity contribution in [2.75, 3.05) is 18.4 Å². The average molecular weight is 384 g/mol. The molecule has 2 heterocycles. The molecule has 2 N–H and O–H groups in total. The third-order valence-corrected chi connectivity index (χ3v) is 6.09. The topological polar surface area (TPSA) is 113 Å². The minimum Gasteiger partial charge on any atom is -0.481 e. The first kappa shape index (κ1) is 18.4. The Morgan fingerprint density at radius 3 is 2.82 bits per heavy atom. The van der Waals surface area contributed by atoms with Crippen molar-refractivity contribution in [3.63, 3.8) is 0 Å². The van der Waals surface area contributed by atoms with Gasteiger partial charge in [-0.15, -0.1) is 0 Å². The lowest BCUT2D eigenvalue weighted by Crippen LogP contribution is -2.44. The van der Waals surface area contributed by atoms with Gasteiger partial charge < -0.3 is 15.3 Å². The van der Waals surface area contributed by atoms with Crippen molar-refractivity contribution in [3.05, 3.63) is 30.3 Å². The van der Waals surface area contributed by atoms with E-state index in [2.05, 4.69) is 20.8 Å². The smallest absolute Gasteiger partial charge is 0.311 e. The molecule has 3 atom stereocenters. The Hall–Kier alpha value is -2.97. The number of aromatic nitrogens is 4. The number of carbonyl (C=O) groups is 2. The fourth-order valence-electron chi connectivity index (χ4n) is 4.54. The number of anilines is 1. The number of nitrogens with zero attached hydrogens (tertiary/aromatic N) is 5. The molecule has 28 heavy (non-hydrogen) atoms. The molecule has 1 unspecified atom stereocenters. The zero-order valence-electron chi connectivity index (χ0n) is 15.8. The number of benzene rings is 1. The monoisotopic (exact) mass is 384 g/mol. The van der Waals surface area contributed by atoms with Gasteiger partial charge in [0.1, 0.15) is 6.04 Å². The van der Waals surface area contributed by atoms with Gasteiger partial charge in [-0.2, -0.15) is 4.68 Å². The molecule has 1 aliphatic carbocycles. The number of carbonyl (C=O) groups excluding carboxylic acids is 1. The number of fused-ring (bicyclic) bond motifs is 1. The Kier molecular flexibility index (Phi) is 4.74. The SMILES string of the molecule is CCC(Nc1nnnn1-c1ccccc1)C(=O)N1C[C@@H]2CCC[C@@]2(C(=O)O)C1. The Balaban J connectivity index is 1.51. The van der Waals surface area contributed by atoms with E-state index in [0.717, 1.165) is 18.5 Å². The summed E-state index contributed by atoms with van der Waals surface area (Å²) in [6, 6.07) is 8.92. The number of tetrazole rings is 1. The van der Waals surface area contributed by atoms with Crippen LogP contribution in [0.2, 0.25) is 0 Å². The van der Waals surface area contributed by atoms with Crippen LogP contribution in [-0.2, 0) is 9.59 Å². The van der Waals surface area contributed by atoms with E-state index < -0.39 is 17.4 Å². The maximum absolute atomic E-state index is 13.1. The maximum atomic E-state index is 13.1. The summed E-state index contributed by atoms with van der Waals surface area (Å²) in [7, 11) is 0. The molecular formula is C19H24N6O3. The van der Waals surface area contributed by atoms with Gasteiger partial charge in [0.15, 0.2) is 0 Å². The van der Waals surface area contributed by atoms with Gasteiger partial charge in [-0.25, -0.2) is 0 Å². The second-order valence-electron chi connectivity index (χ2n) is 7.62. The molecule has 2 aliphatic rings. The van der Waals surface area contributed by atoms with Crippen molar-refractivity contribution < 1.29 is 14.7 Å². The van der Waals surface area contributed by atoms with Crippen molar-refractivity contribution in [2.45, 2.75) is 38.6 Å². The van der Waals surface area contributed by atoms with Crippen LogP contribution in [0, 0.1) is 11.3 Å².